The molecule has 2 amide bonds. The maximum absolute atomic E-state index is 12.1. The number of hydrogen-bond acceptors (Lipinski definition) is 4. The average molecular weight is 337 g/mol. The molecule has 3 rings (SSSR count). The lowest BCUT2D eigenvalue weighted by molar-refractivity contribution is -0.117. The zero-order valence-corrected chi connectivity index (χ0v) is 13.8. The van der Waals surface area contributed by atoms with E-state index in [2.05, 4.69) is 15.8 Å². The van der Waals surface area contributed by atoms with E-state index in [0.717, 1.165) is 18.4 Å². The van der Waals surface area contributed by atoms with Crippen LogP contribution in [0.15, 0.2) is 53.6 Å². The zero-order valence-electron chi connectivity index (χ0n) is 13.8. The Bertz CT molecular complexity index is 841. The van der Waals surface area contributed by atoms with Crippen LogP contribution in [0.25, 0.3) is 0 Å². The fourth-order valence-corrected chi connectivity index (χ4v) is 2.34. The minimum absolute atomic E-state index is 0.0413. The molecule has 0 spiro atoms. The van der Waals surface area contributed by atoms with Crippen LogP contribution in [0.4, 0.5) is 5.69 Å². The van der Waals surface area contributed by atoms with Gasteiger partial charge >= 0.3 is 0 Å². The summed E-state index contributed by atoms with van der Waals surface area (Å²) in [7, 11) is 0. The second-order valence-electron chi connectivity index (χ2n) is 6.00. The Kier molecular flexibility index (Phi) is 4.79. The van der Waals surface area contributed by atoms with Gasteiger partial charge in [-0.15, -0.1) is 0 Å². The molecule has 25 heavy (non-hydrogen) atoms. The first-order valence-electron chi connectivity index (χ1n) is 8.08. The lowest BCUT2D eigenvalue weighted by atomic mass is 10.1. The normalized spacial score (nSPS) is 14.0. The highest BCUT2D eigenvalue weighted by Gasteiger charge is 2.29. The van der Waals surface area contributed by atoms with Crippen molar-refractivity contribution in [2.24, 2.45) is 11.0 Å². The van der Waals surface area contributed by atoms with Gasteiger partial charge < -0.3 is 10.4 Å². The summed E-state index contributed by atoms with van der Waals surface area (Å²) in [6.07, 6.45) is 1.90. The minimum Gasteiger partial charge on any atom is -0.507 e. The number of para-hydroxylation sites is 1. The quantitative estimate of drug-likeness (QED) is 0.579. The largest absolute Gasteiger partial charge is 0.507 e. The number of carbonyl (C=O) groups is 2. The first-order chi connectivity index (χ1) is 12.0. The van der Waals surface area contributed by atoms with Crippen molar-refractivity contribution in [3.63, 3.8) is 0 Å². The summed E-state index contributed by atoms with van der Waals surface area (Å²) in [5, 5.41) is 16.6. The van der Waals surface area contributed by atoms with Gasteiger partial charge in [0.05, 0.1) is 11.3 Å². The van der Waals surface area contributed by atoms with Crippen LogP contribution < -0.4 is 10.7 Å². The number of amides is 2. The molecule has 1 aliphatic rings. The number of benzene rings is 2. The topological polar surface area (TPSA) is 90.8 Å². The van der Waals surface area contributed by atoms with E-state index in [1.54, 1.807) is 19.1 Å². The fraction of sp³-hybridized carbons (Fsp3) is 0.211. The minimum atomic E-state index is -0.490. The molecule has 1 aliphatic carbocycles. The molecule has 128 valence electrons. The molecule has 1 saturated carbocycles. The van der Waals surface area contributed by atoms with Gasteiger partial charge in [-0.1, -0.05) is 24.3 Å². The highest BCUT2D eigenvalue weighted by atomic mass is 16.3. The summed E-state index contributed by atoms with van der Waals surface area (Å²) in [6, 6.07) is 13.6. The molecule has 2 aromatic carbocycles. The Morgan fingerprint density at radius 1 is 1.12 bits per heavy atom. The van der Waals surface area contributed by atoms with E-state index in [0.29, 0.717) is 11.4 Å². The van der Waals surface area contributed by atoms with Gasteiger partial charge in [0.25, 0.3) is 5.91 Å². The third-order valence-corrected chi connectivity index (χ3v) is 3.97. The maximum atomic E-state index is 12.1. The van der Waals surface area contributed by atoms with Crippen molar-refractivity contribution in [2.75, 3.05) is 5.32 Å². The van der Waals surface area contributed by atoms with E-state index < -0.39 is 5.91 Å². The van der Waals surface area contributed by atoms with Crippen LogP contribution in [-0.2, 0) is 4.79 Å². The Labute approximate surface area is 145 Å². The molecular formula is C19H19N3O3. The summed E-state index contributed by atoms with van der Waals surface area (Å²) >= 11 is 0. The average Bonchev–Trinajstić information content (AvgIpc) is 3.45. The smallest absolute Gasteiger partial charge is 0.275 e. The predicted molar refractivity (Wildman–Crippen MR) is 95.6 cm³/mol. The molecular weight excluding hydrogens is 318 g/mol. The van der Waals surface area contributed by atoms with E-state index in [1.165, 1.54) is 12.1 Å². The number of hydrazone groups is 1. The van der Waals surface area contributed by atoms with Crippen LogP contribution in [0.2, 0.25) is 0 Å². The molecule has 6 nitrogen and oxygen atoms in total. The van der Waals surface area contributed by atoms with Gasteiger partial charge in [0.2, 0.25) is 5.91 Å². The standard InChI is InChI=1S/C19H19N3O3/c1-12(21-22-19(25)16-7-2-3-8-17(16)23)14-5-4-6-15(11-14)20-18(24)13-9-10-13/h2-8,11,13,23H,9-10H2,1H3,(H,20,24)(H,22,25)/b21-12-. The molecule has 0 saturated heterocycles. The van der Waals surface area contributed by atoms with E-state index >= 15 is 0 Å². The summed E-state index contributed by atoms with van der Waals surface area (Å²) in [5.74, 6) is -0.413. The van der Waals surface area contributed by atoms with Crippen molar-refractivity contribution in [1.29, 1.82) is 0 Å². The monoisotopic (exact) mass is 337 g/mol. The van der Waals surface area contributed by atoms with E-state index in [4.69, 9.17) is 0 Å². The van der Waals surface area contributed by atoms with Gasteiger partial charge in [-0.2, -0.15) is 5.10 Å². The van der Waals surface area contributed by atoms with Gasteiger partial charge in [0.1, 0.15) is 5.75 Å². The van der Waals surface area contributed by atoms with Crippen LogP contribution in [0, 0.1) is 5.92 Å². The van der Waals surface area contributed by atoms with Gasteiger partial charge in [-0.25, -0.2) is 5.43 Å². The van der Waals surface area contributed by atoms with E-state index in [1.807, 2.05) is 24.3 Å². The van der Waals surface area contributed by atoms with Crippen molar-refractivity contribution < 1.29 is 14.7 Å². The van der Waals surface area contributed by atoms with Crippen molar-refractivity contribution in [2.45, 2.75) is 19.8 Å². The predicted octanol–water partition coefficient (Wildman–Crippen LogP) is 2.89. The molecule has 0 radical (unpaired) electrons. The molecule has 0 unspecified atom stereocenters. The van der Waals surface area contributed by atoms with Crippen LogP contribution in [0.3, 0.4) is 0 Å². The Morgan fingerprint density at radius 2 is 1.88 bits per heavy atom. The molecule has 1 fully saturated rings. The van der Waals surface area contributed by atoms with Crippen molar-refractivity contribution >= 4 is 23.2 Å². The number of phenols is 1. The molecule has 0 atom stereocenters. The maximum Gasteiger partial charge on any atom is 0.275 e. The van der Waals surface area contributed by atoms with Crippen LogP contribution in [-0.4, -0.2) is 22.6 Å². The number of aromatic hydroxyl groups is 1. The summed E-state index contributed by atoms with van der Waals surface area (Å²) in [4.78, 5) is 23.9. The van der Waals surface area contributed by atoms with Crippen molar-refractivity contribution in [3.05, 3.63) is 59.7 Å². The Hall–Kier alpha value is -3.15. The van der Waals surface area contributed by atoms with Gasteiger partial charge in [-0.05, 0) is 49.6 Å². The van der Waals surface area contributed by atoms with Gasteiger partial charge in [-0.3, -0.25) is 9.59 Å². The third-order valence-electron chi connectivity index (χ3n) is 3.97. The molecule has 6 heteroatoms. The second kappa shape index (κ2) is 7.17. The summed E-state index contributed by atoms with van der Waals surface area (Å²) in [6.45, 7) is 1.76. The highest BCUT2D eigenvalue weighted by molar-refractivity contribution is 6.03. The highest BCUT2D eigenvalue weighted by Crippen LogP contribution is 2.30. The van der Waals surface area contributed by atoms with Crippen LogP contribution in [0.5, 0.6) is 5.75 Å². The number of nitrogens with zero attached hydrogens (tertiary/aromatic N) is 1. The fourth-order valence-electron chi connectivity index (χ4n) is 2.34. The molecule has 2 aromatic rings. The molecule has 3 N–H and O–H groups in total. The summed E-state index contributed by atoms with van der Waals surface area (Å²) < 4.78 is 0. The molecule has 0 aliphatic heterocycles. The van der Waals surface area contributed by atoms with Crippen molar-refractivity contribution in [1.82, 2.24) is 5.43 Å². The summed E-state index contributed by atoms with van der Waals surface area (Å²) in [5.41, 5.74) is 4.66. The molecule has 0 heterocycles. The number of nitrogens with one attached hydrogen (secondary N) is 2. The SMILES string of the molecule is C/C(=N/NC(=O)c1ccccc1O)c1cccc(NC(=O)C2CC2)c1. The molecule has 0 bridgehead atoms. The Morgan fingerprint density at radius 3 is 2.60 bits per heavy atom. The Balaban J connectivity index is 1.68. The number of anilines is 1. The van der Waals surface area contributed by atoms with E-state index in [9.17, 15) is 14.7 Å². The number of phenolic OH excluding ortho intramolecular Hbond substituents is 1. The third kappa shape index (κ3) is 4.23. The lowest BCUT2D eigenvalue weighted by Gasteiger charge is -2.07. The van der Waals surface area contributed by atoms with Crippen LogP contribution in [0.1, 0.15) is 35.7 Å². The first-order valence-corrected chi connectivity index (χ1v) is 8.08. The van der Waals surface area contributed by atoms with E-state index in [-0.39, 0.29) is 23.1 Å². The lowest BCUT2D eigenvalue weighted by Crippen LogP contribution is -2.19. The van der Waals surface area contributed by atoms with Crippen molar-refractivity contribution in [3.8, 4) is 5.75 Å². The zero-order chi connectivity index (χ0) is 17.8. The number of carbonyl (C=O) groups excluding carboxylic acids is 2. The number of rotatable bonds is 5. The van der Waals surface area contributed by atoms with Gasteiger partial charge in [0, 0.05) is 11.6 Å². The number of hydrogen-bond donors (Lipinski definition) is 3. The van der Waals surface area contributed by atoms with Gasteiger partial charge in [0.15, 0.2) is 0 Å². The second-order valence-corrected chi connectivity index (χ2v) is 6.00. The first kappa shape index (κ1) is 16.7. The van der Waals surface area contributed by atoms with Crippen LogP contribution >= 0.6 is 0 Å². The molecule has 0 aromatic heterocycles.